The predicted octanol–water partition coefficient (Wildman–Crippen LogP) is 3.22. The van der Waals surface area contributed by atoms with Crippen molar-refractivity contribution in [3.8, 4) is 0 Å². The van der Waals surface area contributed by atoms with E-state index in [2.05, 4.69) is 10.1 Å². The highest BCUT2D eigenvalue weighted by Crippen LogP contribution is 2.29. The van der Waals surface area contributed by atoms with Crippen molar-refractivity contribution in [2.45, 2.75) is 18.6 Å². The Morgan fingerprint density at radius 1 is 1.04 bits per heavy atom. The van der Waals surface area contributed by atoms with Crippen molar-refractivity contribution in [2.75, 3.05) is 7.11 Å². The molecule has 132 valence electrons. The van der Waals surface area contributed by atoms with Crippen LogP contribution < -0.4 is 5.32 Å². The molecule has 1 N–H and O–H groups in total. The Hall–Kier alpha value is -2.83. The van der Waals surface area contributed by atoms with Crippen LogP contribution in [0.2, 0.25) is 0 Å². The lowest BCUT2D eigenvalue weighted by molar-refractivity contribution is -0.142. The molecule has 0 aromatic heterocycles. The number of hydrogen-bond acceptors (Lipinski definition) is 3. The van der Waals surface area contributed by atoms with E-state index in [9.17, 15) is 22.8 Å². The first-order valence-corrected chi connectivity index (χ1v) is 7.41. The molecule has 2 aromatic rings. The molecule has 0 fully saturated rings. The number of rotatable bonds is 5. The maximum atomic E-state index is 12.6. The molecule has 0 saturated heterocycles. The highest BCUT2D eigenvalue weighted by molar-refractivity contribution is 5.96. The minimum Gasteiger partial charge on any atom is -0.467 e. The first-order valence-electron chi connectivity index (χ1n) is 7.41. The summed E-state index contributed by atoms with van der Waals surface area (Å²) in [5.74, 6) is -1.29. The van der Waals surface area contributed by atoms with Crippen LogP contribution in [0.15, 0.2) is 54.6 Å². The van der Waals surface area contributed by atoms with Crippen molar-refractivity contribution in [1.29, 1.82) is 0 Å². The zero-order chi connectivity index (χ0) is 18.4. The Balaban J connectivity index is 2.12. The number of amides is 1. The van der Waals surface area contributed by atoms with Gasteiger partial charge in [0.2, 0.25) is 0 Å². The third-order valence-electron chi connectivity index (χ3n) is 3.55. The molecule has 0 aliphatic rings. The van der Waals surface area contributed by atoms with E-state index in [0.29, 0.717) is 0 Å². The molecular weight excluding hydrogens is 335 g/mol. The zero-order valence-corrected chi connectivity index (χ0v) is 13.3. The van der Waals surface area contributed by atoms with Gasteiger partial charge in [0.05, 0.1) is 12.7 Å². The van der Waals surface area contributed by atoms with Crippen LogP contribution >= 0.6 is 0 Å². The minimum absolute atomic E-state index is 0.0231. The molecule has 2 aromatic carbocycles. The van der Waals surface area contributed by atoms with Gasteiger partial charge < -0.3 is 10.1 Å². The normalized spacial score (nSPS) is 12.3. The van der Waals surface area contributed by atoms with E-state index in [1.54, 1.807) is 24.3 Å². The van der Waals surface area contributed by atoms with E-state index < -0.39 is 29.7 Å². The summed E-state index contributed by atoms with van der Waals surface area (Å²) in [6.45, 7) is 0. The summed E-state index contributed by atoms with van der Waals surface area (Å²) in [5.41, 5.74) is -0.0153. The number of carbonyl (C=O) groups is 2. The second-order valence-corrected chi connectivity index (χ2v) is 5.31. The second kappa shape index (κ2) is 7.83. The van der Waals surface area contributed by atoms with Crippen LogP contribution in [-0.2, 0) is 22.1 Å². The van der Waals surface area contributed by atoms with Gasteiger partial charge in [-0.05, 0) is 29.8 Å². The summed E-state index contributed by atoms with van der Waals surface area (Å²) in [4.78, 5) is 24.1. The van der Waals surface area contributed by atoms with Crippen molar-refractivity contribution >= 4 is 11.9 Å². The van der Waals surface area contributed by atoms with Crippen molar-refractivity contribution in [3.05, 3.63) is 71.3 Å². The van der Waals surface area contributed by atoms with Gasteiger partial charge in [0.15, 0.2) is 0 Å². The second-order valence-electron chi connectivity index (χ2n) is 5.31. The summed E-state index contributed by atoms with van der Waals surface area (Å²) in [5, 5.41) is 2.50. The molecule has 4 nitrogen and oxygen atoms in total. The number of hydrogen-bond donors (Lipinski definition) is 1. The van der Waals surface area contributed by atoms with Gasteiger partial charge >= 0.3 is 12.1 Å². The third-order valence-corrected chi connectivity index (χ3v) is 3.55. The van der Waals surface area contributed by atoms with Crippen LogP contribution in [0, 0.1) is 0 Å². The molecule has 0 aliphatic carbocycles. The number of ether oxygens (including phenoxy) is 1. The van der Waals surface area contributed by atoms with Gasteiger partial charge in [0.1, 0.15) is 6.04 Å². The van der Waals surface area contributed by atoms with Gasteiger partial charge in [-0.25, -0.2) is 4.79 Å². The standard InChI is InChI=1S/C18H16F3NO3/c1-25-17(24)15(11-12-5-3-2-4-6-12)22-16(23)13-7-9-14(10-8-13)18(19,20)21/h2-10,15H,11H2,1H3,(H,22,23)/t15-/m0/s1. The topological polar surface area (TPSA) is 55.4 Å². The molecule has 7 heteroatoms. The number of halogens is 3. The van der Waals surface area contributed by atoms with E-state index >= 15 is 0 Å². The van der Waals surface area contributed by atoms with E-state index in [1.807, 2.05) is 6.07 Å². The van der Waals surface area contributed by atoms with E-state index in [-0.39, 0.29) is 12.0 Å². The summed E-state index contributed by atoms with van der Waals surface area (Å²) in [6.07, 6.45) is -4.27. The van der Waals surface area contributed by atoms with Crippen LogP contribution in [0.1, 0.15) is 21.5 Å². The molecule has 1 amide bonds. The quantitative estimate of drug-likeness (QED) is 0.842. The lowest BCUT2D eigenvalue weighted by Gasteiger charge is -2.17. The molecule has 0 unspecified atom stereocenters. The smallest absolute Gasteiger partial charge is 0.416 e. The highest BCUT2D eigenvalue weighted by Gasteiger charge is 2.30. The van der Waals surface area contributed by atoms with Gasteiger partial charge in [-0.15, -0.1) is 0 Å². The molecule has 0 radical (unpaired) electrons. The number of alkyl halides is 3. The average molecular weight is 351 g/mol. The zero-order valence-electron chi connectivity index (χ0n) is 13.3. The molecular formula is C18H16F3NO3. The van der Waals surface area contributed by atoms with Gasteiger partial charge in [0, 0.05) is 12.0 Å². The lowest BCUT2D eigenvalue weighted by Crippen LogP contribution is -2.43. The Labute approximate surface area is 142 Å². The summed E-state index contributed by atoms with van der Waals surface area (Å²) < 4.78 is 42.4. The van der Waals surface area contributed by atoms with Crippen molar-refractivity contribution in [1.82, 2.24) is 5.32 Å². The number of carbonyl (C=O) groups excluding carboxylic acids is 2. The van der Waals surface area contributed by atoms with Gasteiger partial charge in [0.25, 0.3) is 5.91 Å². The number of methoxy groups -OCH3 is 1. The van der Waals surface area contributed by atoms with E-state index in [4.69, 9.17) is 0 Å². The molecule has 1 atom stereocenters. The maximum absolute atomic E-state index is 12.6. The first-order chi connectivity index (χ1) is 11.8. The Bertz CT molecular complexity index is 727. The fourth-order valence-electron chi connectivity index (χ4n) is 2.24. The average Bonchev–Trinajstić information content (AvgIpc) is 2.60. The Morgan fingerprint density at radius 2 is 1.64 bits per heavy atom. The number of nitrogens with one attached hydrogen (secondary N) is 1. The SMILES string of the molecule is COC(=O)[C@H](Cc1ccccc1)NC(=O)c1ccc(C(F)(F)F)cc1. The third kappa shape index (κ3) is 5.07. The van der Waals surface area contributed by atoms with Gasteiger partial charge in [-0.3, -0.25) is 4.79 Å². The molecule has 25 heavy (non-hydrogen) atoms. The fourth-order valence-corrected chi connectivity index (χ4v) is 2.24. The monoisotopic (exact) mass is 351 g/mol. The minimum atomic E-state index is -4.48. The van der Waals surface area contributed by atoms with Crippen molar-refractivity contribution in [3.63, 3.8) is 0 Å². The lowest BCUT2D eigenvalue weighted by atomic mass is 10.0. The summed E-state index contributed by atoms with van der Waals surface area (Å²) in [7, 11) is 1.20. The summed E-state index contributed by atoms with van der Waals surface area (Å²) in [6, 6.07) is 11.8. The maximum Gasteiger partial charge on any atom is 0.416 e. The van der Waals surface area contributed by atoms with Crippen LogP contribution in [0.25, 0.3) is 0 Å². The van der Waals surface area contributed by atoms with Gasteiger partial charge in [-0.1, -0.05) is 30.3 Å². The highest BCUT2D eigenvalue weighted by atomic mass is 19.4. The summed E-state index contributed by atoms with van der Waals surface area (Å²) >= 11 is 0. The number of esters is 1. The molecule has 2 rings (SSSR count). The van der Waals surface area contributed by atoms with E-state index in [0.717, 1.165) is 29.8 Å². The molecule has 0 bridgehead atoms. The van der Waals surface area contributed by atoms with E-state index in [1.165, 1.54) is 7.11 Å². The largest absolute Gasteiger partial charge is 0.467 e. The fraction of sp³-hybridized carbons (Fsp3) is 0.222. The Morgan fingerprint density at radius 3 is 2.16 bits per heavy atom. The van der Waals surface area contributed by atoms with Crippen LogP contribution in [0.3, 0.4) is 0 Å². The van der Waals surface area contributed by atoms with Crippen LogP contribution in [-0.4, -0.2) is 25.0 Å². The predicted molar refractivity (Wildman–Crippen MR) is 84.9 cm³/mol. The van der Waals surface area contributed by atoms with Crippen LogP contribution in [0.4, 0.5) is 13.2 Å². The van der Waals surface area contributed by atoms with Crippen molar-refractivity contribution in [2.24, 2.45) is 0 Å². The van der Waals surface area contributed by atoms with Gasteiger partial charge in [-0.2, -0.15) is 13.2 Å². The van der Waals surface area contributed by atoms with Crippen LogP contribution in [0.5, 0.6) is 0 Å². The molecule has 0 aliphatic heterocycles. The van der Waals surface area contributed by atoms with Crippen molar-refractivity contribution < 1.29 is 27.5 Å². The molecule has 0 saturated carbocycles. The molecule has 0 heterocycles. The number of benzene rings is 2. The first kappa shape index (κ1) is 18.5. The molecule has 0 spiro atoms. The Kier molecular flexibility index (Phi) is 5.80.